The number of rotatable bonds is 8. The molecule has 13 heteroatoms. The third-order valence-electron chi connectivity index (χ3n) is 4.53. The lowest BCUT2D eigenvalue weighted by Gasteiger charge is -2.53. The molecule has 1 aromatic heterocycles. The highest BCUT2D eigenvalue weighted by molar-refractivity contribution is 8.00. The predicted molar refractivity (Wildman–Crippen MR) is 106 cm³/mol. The van der Waals surface area contributed by atoms with Crippen molar-refractivity contribution < 1.29 is 29.1 Å². The SMILES string of the molecule is C=CC1(C(=O)O)CS[C@@H]2C(NC(=O)C(=NOC)c3cnc(NC=O)s3)C(=O)N2C1. The number of aromatic nitrogens is 1. The van der Waals surface area contributed by atoms with E-state index in [0.29, 0.717) is 11.3 Å². The van der Waals surface area contributed by atoms with Gasteiger partial charge in [0.05, 0.1) is 4.88 Å². The minimum absolute atomic E-state index is 0.00326. The molecule has 154 valence electrons. The van der Waals surface area contributed by atoms with Gasteiger partial charge in [-0.15, -0.1) is 18.3 Å². The molecular weight excluding hydrogens is 422 g/mol. The Morgan fingerprint density at radius 1 is 1.55 bits per heavy atom. The lowest BCUT2D eigenvalue weighted by atomic mass is 9.87. The van der Waals surface area contributed by atoms with Crippen LogP contribution in [0.4, 0.5) is 5.13 Å². The van der Waals surface area contributed by atoms with Gasteiger partial charge in [0.25, 0.3) is 5.91 Å². The van der Waals surface area contributed by atoms with Gasteiger partial charge in [-0.05, 0) is 0 Å². The first-order chi connectivity index (χ1) is 13.9. The summed E-state index contributed by atoms with van der Waals surface area (Å²) in [7, 11) is 1.27. The monoisotopic (exact) mass is 439 g/mol. The number of aliphatic carboxylic acids is 1. The molecule has 2 fully saturated rings. The van der Waals surface area contributed by atoms with E-state index < -0.39 is 23.3 Å². The summed E-state index contributed by atoms with van der Waals surface area (Å²) >= 11 is 2.28. The summed E-state index contributed by atoms with van der Waals surface area (Å²) in [4.78, 5) is 57.7. The maximum Gasteiger partial charge on any atom is 0.316 e. The van der Waals surface area contributed by atoms with Crippen LogP contribution in [0, 0.1) is 5.41 Å². The third kappa shape index (κ3) is 3.70. The van der Waals surface area contributed by atoms with Crippen molar-refractivity contribution in [2.45, 2.75) is 11.4 Å². The summed E-state index contributed by atoms with van der Waals surface area (Å²) in [5.41, 5.74) is -1.30. The number of β-lactam (4-membered cyclic amide) rings is 1. The molecule has 0 radical (unpaired) electrons. The average molecular weight is 439 g/mol. The highest BCUT2D eigenvalue weighted by Crippen LogP contribution is 2.42. The zero-order valence-corrected chi connectivity index (χ0v) is 16.8. The van der Waals surface area contributed by atoms with Crippen molar-refractivity contribution in [3.8, 4) is 0 Å². The number of amides is 3. The molecule has 1 aromatic rings. The molecule has 2 unspecified atom stereocenters. The number of carboxylic acids is 1. The first kappa shape index (κ1) is 20.8. The van der Waals surface area contributed by atoms with Crippen LogP contribution in [0.1, 0.15) is 4.88 Å². The number of hydrogen-bond acceptors (Lipinski definition) is 9. The number of nitrogens with one attached hydrogen (secondary N) is 2. The molecule has 11 nitrogen and oxygen atoms in total. The molecule has 3 atom stereocenters. The van der Waals surface area contributed by atoms with E-state index in [1.807, 2.05) is 0 Å². The lowest BCUT2D eigenvalue weighted by molar-refractivity contribution is -0.156. The van der Waals surface area contributed by atoms with Crippen molar-refractivity contribution in [2.75, 3.05) is 24.7 Å². The number of carbonyl (C=O) groups excluding carboxylic acids is 3. The van der Waals surface area contributed by atoms with Crippen LogP contribution in [0.3, 0.4) is 0 Å². The molecule has 0 bridgehead atoms. The first-order valence-corrected chi connectivity index (χ1v) is 10.1. The second kappa shape index (κ2) is 8.21. The molecule has 3 amide bonds. The van der Waals surface area contributed by atoms with Crippen molar-refractivity contribution in [1.82, 2.24) is 15.2 Å². The van der Waals surface area contributed by atoms with Crippen molar-refractivity contribution in [1.29, 1.82) is 0 Å². The molecule has 0 aliphatic carbocycles. The van der Waals surface area contributed by atoms with E-state index in [4.69, 9.17) is 4.84 Å². The van der Waals surface area contributed by atoms with Crippen LogP contribution in [-0.2, 0) is 24.0 Å². The molecule has 3 rings (SSSR count). The Balaban J connectivity index is 1.71. The summed E-state index contributed by atoms with van der Waals surface area (Å²) < 4.78 is 0. The summed E-state index contributed by atoms with van der Waals surface area (Å²) in [6.07, 6.45) is 3.15. The van der Waals surface area contributed by atoms with E-state index in [9.17, 15) is 24.3 Å². The molecule has 0 spiro atoms. The molecule has 0 aromatic carbocycles. The van der Waals surface area contributed by atoms with Gasteiger partial charge in [-0.1, -0.05) is 22.6 Å². The summed E-state index contributed by atoms with van der Waals surface area (Å²) in [5, 5.41) is 18.0. The average Bonchev–Trinajstić information content (AvgIpc) is 3.17. The van der Waals surface area contributed by atoms with E-state index in [1.165, 1.54) is 36.0 Å². The number of anilines is 1. The third-order valence-corrected chi connectivity index (χ3v) is 7.01. The van der Waals surface area contributed by atoms with Crippen LogP contribution in [0.25, 0.3) is 0 Å². The lowest BCUT2D eigenvalue weighted by Crippen LogP contribution is -2.73. The van der Waals surface area contributed by atoms with Crippen LogP contribution in [0.15, 0.2) is 24.0 Å². The fourth-order valence-electron chi connectivity index (χ4n) is 2.93. The number of hydrogen-bond donors (Lipinski definition) is 3. The molecular formula is C16H17N5O6S2. The normalized spacial score (nSPS) is 26.0. The number of oxime groups is 1. The molecule has 0 saturated carbocycles. The topological polar surface area (TPSA) is 150 Å². The summed E-state index contributed by atoms with van der Waals surface area (Å²) in [6, 6.07) is -0.813. The van der Waals surface area contributed by atoms with E-state index in [0.717, 1.165) is 11.3 Å². The van der Waals surface area contributed by atoms with E-state index in [1.54, 1.807) is 0 Å². The molecule has 29 heavy (non-hydrogen) atoms. The zero-order valence-electron chi connectivity index (χ0n) is 15.2. The van der Waals surface area contributed by atoms with E-state index in [-0.39, 0.29) is 34.4 Å². The maximum atomic E-state index is 12.7. The Bertz CT molecular complexity index is 902. The van der Waals surface area contributed by atoms with Crippen LogP contribution in [-0.4, -0.2) is 75.7 Å². The van der Waals surface area contributed by atoms with Gasteiger partial charge in [0, 0.05) is 18.5 Å². The van der Waals surface area contributed by atoms with Gasteiger partial charge in [0.2, 0.25) is 12.3 Å². The van der Waals surface area contributed by atoms with Gasteiger partial charge in [0.15, 0.2) is 10.8 Å². The van der Waals surface area contributed by atoms with Gasteiger partial charge in [-0.25, -0.2) is 4.98 Å². The second-order valence-corrected chi connectivity index (χ2v) is 8.33. The van der Waals surface area contributed by atoms with Crippen molar-refractivity contribution in [2.24, 2.45) is 10.6 Å². The van der Waals surface area contributed by atoms with Crippen LogP contribution >= 0.6 is 23.1 Å². The molecule has 2 aliphatic heterocycles. The van der Waals surface area contributed by atoms with Crippen molar-refractivity contribution in [3.63, 3.8) is 0 Å². The quantitative estimate of drug-likeness (QED) is 0.165. The molecule has 3 N–H and O–H groups in total. The number of fused-ring (bicyclic) bond motifs is 1. The Kier molecular flexibility index (Phi) is 5.88. The van der Waals surface area contributed by atoms with Crippen LogP contribution < -0.4 is 10.6 Å². The number of thioether (sulfide) groups is 1. The maximum absolute atomic E-state index is 12.7. The number of carbonyl (C=O) groups is 4. The molecule has 3 heterocycles. The van der Waals surface area contributed by atoms with Gasteiger partial charge in [-0.3, -0.25) is 19.2 Å². The highest BCUT2D eigenvalue weighted by atomic mass is 32.2. The summed E-state index contributed by atoms with van der Waals surface area (Å²) in [6.45, 7) is 3.59. The smallest absolute Gasteiger partial charge is 0.316 e. The Morgan fingerprint density at radius 3 is 2.93 bits per heavy atom. The minimum atomic E-state index is -1.21. The largest absolute Gasteiger partial charge is 0.481 e. The first-order valence-electron chi connectivity index (χ1n) is 8.24. The molecule has 2 aliphatic rings. The number of thiazole rings is 1. The second-order valence-electron chi connectivity index (χ2n) is 6.20. The van der Waals surface area contributed by atoms with Crippen molar-refractivity contribution in [3.05, 3.63) is 23.7 Å². The predicted octanol–water partition coefficient (Wildman–Crippen LogP) is -0.281. The van der Waals surface area contributed by atoms with Crippen molar-refractivity contribution >= 4 is 58.1 Å². The van der Waals surface area contributed by atoms with Crippen LogP contribution in [0.2, 0.25) is 0 Å². The Labute approximate surface area is 173 Å². The molecule has 2 saturated heterocycles. The van der Waals surface area contributed by atoms with Crippen LogP contribution in [0.5, 0.6) is 0 Å². The van der Waals surface area contributed by atoms with Gasteiger partial charge < -0.3 is 25.5 Å². The Morgan fingerprint density at radius 2 is 2.31 bits per heavy atom. The van der Waals surface area contributed by atoms with Gasteiger partial charge >= 0.3 is 5.97 Å². The highest BCUT2D eigenvalue weighted by Gasteiger charge is 2.56. The van der Waals surface area contributed by atoms with E-state index >= 15 is 0 Å². The fraction of sp³-hybridized carbons (Fsp3) is 0.375. The minimum Gasteiger partial charge on any atom is -0.481 e. The van der Waals surface area contributed by atoms with Gasteiger partial charge in [-0.2, -0.15) is 0 Å². The fourth-order valence-corrected chi connectivity index (χ4v) is 5.22. The Hall–Kier alpha value is -2.93. The number of nitrogens with zero attached hydrogens (tertiary/aromatic N) is 3. The summed E-state index contributed by atoms with van der Waals surface area (Å²) in [5.74, 6) is -1.84. The zero-order chi connectivity index (χ0) is 21.2. The standard InChI is InChI=1S/C16H17N5O6S2/c1-3-16(14(25)26)5-21-12(24)10(13(21)28-6-16)19-11(23)9(20-27-2)8-4-17-15(29-8)18-7-22/h3-4,7,10,13H,1,5-6H2,2H3,(H,19,23)(H,25,26)(H,17,18,22)/t10?,13-,16?/m1/s1. The number of carboxylic acid groups (broad SMARTS) is 1. The van der Waals surface area contributed by atoms with E-state index in [2.05, 4.69) is 27.4 Å². The van der Waals surface area contributed by atoms with Gasteiger partial charge in [0.1, 0.15) is 23.9 Å².